The Hall–Kier alpha value is -1.85. The molecule has 5 heteroatoms. The van der Waals surface area contributed by atoms with Gasteiger partial charge in [-0.3, -0.25) is 0 Å². The average Bonchev–Trinajstić information content (AvgIpc) is 2.40. The molecule has 0 saturated carbocycles. The fraction of sp³-hybridized carbons (Fsp3) is 0.143. The van der Waals surface area contributed by atoms with Crippen LogP contribution in [0.15, 0.2) is 59.5 Å². The van der Waals surface area contributed by atoms with E-state index >= 15 is 0 Å². The predicted octanol–water partition coefficient (Wildman–Crippen LogP) is 2.22. The maximum Gasteiger partial charge on any atom is 0.204 e. The highest BCUT2D eigenvalue weighted by Crippen LogP contribution is 2.19. The molecular formula is C14H15NO3S. The van der Waals surface area contributed by atoms with E-state index in [9.17, 15) is 8.42 Å². The van der Waals surface area contributed by atoms with E-state index in [1.807, 2.05) is 30.3 Å². The number of benzene rings is 2. The van der Waals surface area contributed by atoms with Gasteiger partial charge in [-0.2, -0.15) is 0 Å². The fourth-order valence-corrected chi connectivity index (χ4v) is 2.81. The van der Waals surface area contributed by atoms with Crippen molar-refractivity contribution in [2.75, 3.05) is 11.7 Å². The van der Waals surface area contributed by atoms with E-state index in [2.05, 4.69) is 0 Å². The van der Waals surface area contributed by atoms with Gasteiger partial charge < -0.3 is 10.5 Å². The Kier molecular flexibility index (Phi) is 4.19. The van der Waals surface area contributed by atoms with Gasteiger partial charge in [-0.25, -0.2) is 8.42 Å². The molecule has 100 valence electrons. The van der Waals surface area contributed by atoms with Gasteiger partial charge in [0.2, 0.25) is 9.84 Å². The van der Waals surface area contributed by atoms with E-state index in [0.29, 0.717) is 0 Å². The van der Waals surface area contributed by atoms with Crippen molar-refractivity contribution in [1.82, 2.24) is 0 Å². The van der Waals surface area contributed by atoms with Gasteiger partial charge in [0.25, 0.3) is 0 Å². The minimum Gasteiger partial charge on any atom is -0.398 e. The molecule has 4 nitrogen and oxygen atoms in total. The molecule has 0 unspecified atom stereocenters. The lowest BCUT2D eigenvalue weighted by molar-refractivity contribution is 0.163. The van der Waals surface area contributed by atoms with E-state index < -0.39 is 9.84 Å². The molecule has 0 atom stereocenters. The summed E-state index contributed by atoms with van der Waals surface area (Å²) in [5, 5.41) is 0. The summed E-state index contributed by atoms with van der Waals surface area (Å²) in [5.74, 6) is -0.379. The number of anilines is 1. The van der Waals surface area contributed by atoms with Gasteiger partial charge in [-0.15, -0.1) is 0 Å². The van der Waals surface area contributed by atoms with Crippen LogP contribution < -0.4 is 5.73 Å². The van der Waals surface area contributed by atoms with Crippen LogP contribution in [-0.2, 0) is 21.2 Å². The van der Waals surface area contributed by atoms with Crippen molar-refractivity contribution in [3.8, 4) is 0 Å². The quantitative estimate of drug-likeness (QED) is 0.851. The fourth-order valence-electron chi connectivity index (χ4n) is 1.67. The average molecular weight is 277 g/mol. The lowest BCUT2D eigenvalue weighted by atomic mass is 10.2. The summed E-state index contributed by atoms with van der Waals surface area (Å²) >= 11 is 0. The highest BCUT2D eigenvalue weighted by Gasteiger charge is 2.17. The van der Waals surface area contributed by atoms with Gasteiger partial charge in [-0.1, -0.05) is 42.5 Å². The van der Waals surface area contributed by atoms with Crippen LogP contribution in [0.25, 0.3) is 0 Å². The Labute approximate surface area is 112 Å². The van der Waals surface area contributed by atoms with Gasteiger partial charge in [0, 0.05) is 0 Å². The molecule has 0 amide bonds. The van der Waals surface area contributed by atoms with Gasteiger partial charge in [-0.05, 0) is 17.7 Å². The van der Waals surface area contributed by atoms with Crippen molar-refractivity contribution in [2.24, 2.45) is 0 Å². The molecule has 2 aromatic rings. The van der Waals surface area contributed by atoms with Crippen molar-refractivity contribution < 1.29 is 13.2 Å². The zero-order valence-electron chi connectivity index (χ0n) is 10.3. The molecule has 0 heterocycles. The maximum absolute atomic E-state index is 12.0. The first-order valence-electron chi connectivity index (χ1n) is 5.78. The maximum atomic E-state index is 12.0. The first-order valence-corrected chi connectivity index (χ1v) is 7.44. The minimum absolute atomic E-state index is 0.114. The molecule has 0 spiro atoms. The number of sulfone groups is 1. The second-order valence-electron chi connectivity index (χ2n) is 4.10. The smallest absolute Gasteiger partial charge is 0.204 e. The SMILES string of the molecule is Nc1ccccc1S(=O)(=O)COCc1ccccc1. The first kappa shape index (κ1) is 13.6. The topological polar surface area (TPSA) is 69.4 Å². The normalized spacial score (nSPS) is 11.4. The van der Waals surface area contributed by atoms with Crippen molar-refractivity contribution in [3.63, 3.8) is 0 Å². The zero-order chi connectivity index (χ0) is 13.7. The Morgan fingerprint density at radius 1 is 0.947 bits per heavy atom. The van der Waals surface area contributed by atoms with E-state index in [1.54, 1.807) is 18.2 Å². The van der Waals surface area contributed by atoms with E-state index in [4.69, 9.17) is 10.5 Å². The summed E-state index contributed by atoms with van der Waals surface area (Å²) in [6.45, 7) is 0.257. The molecule has 0 aliphatic carbocycles. The van der Waals surface area contributed by atoms with Crippen LogP contribution in [0.2, 0.25) is 0 Å². The Bertz CT molecular complexity index is 639. The van der Waals surface area contributed by atoms with Crippen LogP contribution in [-0.4, -0.2) is 14.4 Å². The number of nitrogens with two attached hydrogens (primary N) is 1. The number of para-hydroxylation sites is 1. The monoisotopic (exact) mass is 277 g/mol. The molecule has 2 N–H and O–H groups in total. The summed E-state index contributed by atoms with van der Waals surface area (Å²) in [7, 11) is -3.51. The third kappa shape index (κ3) is 3.56. The van der Waals surface area contributed by atoms with Gasteiger partial charge in [0.15, 0.2) is 5.94 Å². The van der Waals surface area contributed by atoms with Crippen molar-refractivity contribution >= 4 is 15.5 Å². The molecular weight excluding hydrogens is 262 g/mol. The van der Waals surface area contributed by atoms with Crippen LogP contribution in [0.3, 0.4) is 0 Å². The lowest BCUT2D eigenvalue weighted by Gasteiger charge is -2.08. The molecule has 0 aliphatic heterocycles. The summed E-state index contributed by atoms with van der Waals surface area (Å²) in [6, 6.07) is 15.8. The zero-order valence-corrected chi connectivity index (χ0v) is 11.1. The van der Waals surface area contributed by atoms with Crippen molar-refractivity contribution in [1.29, 1.82) is 0 Å². The molecule has 0 aromatic heterocycles. The van der Waals surface area contributed by atoms with Gasteiger partial charge in [0.1, 0.15) is 0 Å². The second-order valence-corrected chi connectivity index (χ2v) is 6.01. The van der Waals surface area contributed by atoms with E-state index in [-0.39, 0.29) is 23.1 Å². The van der Waals surface area contributed by atoms with Crippen LogP contribution >= 0.6 is 0 Å². The Morgan fingerprint density at radius 3 is 2.26 bits per heavy atom. The minimum atomic E-state index is -3.51. The van der Waals surface area contributed by atoms with Gasteiger partial charge in [0.05, 0.1) is 17.2 Å². The van der Waals surface area contributed by atoms with Crippen LogP contribution in [0.4, 0.5) is 5.69 Å². The molecule has 19 heavy (non-hydrogen) atoms. The standard InChI is InChI=1S/C14H15NO3S/c15-13-8-4-5-9-14(13)19(16,17)11-18-10-12-6-2-1-3-7-12/h1-9H,10-11,15H2. The van der Waals surface area contributed by atoms with Gasteiger partial charge >= 0.3 is 0 Å². The van der Waals surface area contributed by atoms with Crippen LogP contribution in [0, 0.1) is 0 Å². The second kappa shape index (κ2) is 5.86. The molecule has 2 rings (SSSR count). The summed E-state index contributed by atoms with van der Waals surface area (Å²) < 4.78 is 29.3. The molecule has 0 bridgehead atoms. The van der Waals surface area contributed by atoms with Crippen molar-refractivity contribution in [2.45, 2.75) is 11.5 Å². The number of rotatable bonds is 5. The molecule has 0 radical (unpaired) electrons. The lowest BCUT2D eigenvalue weighted by Crippen LogP contribution is -2.12. The Morgan fingerprint density at radius 2 is 1.58 bits per heavy atom. The highest BCUT2D eigenvalue weighted by atomic mass is 32.2. The third-order valence-corrected chi connectivity index (χ3v) is 4.12. The molecule has 0 fully saturated rings. The number of nitrogen functional groups attached to an aromatic ring is 1. The van der Waals surface area contributed by atoms with E-state index in [0.717, 1.165) is 5.56 Å². The Balaban J connectivity index is 2.01. The molecule has 0 saturated heterocycles. The summed E-state index contributed by atoms with van der Waals surface area (Å²) in [4.78, 5) is 0.114. The van der Waals surface area contributed by atoms with E-state index in [1.165, 1.54) is 6.07 Å². The summed E-state index contributed by atoms with van der Waals surface area (Å²) in [6.07, 6.45) is 0. The van der Waals surface area contributed by atoms with Crippen LogP contribution in [0.5, 0.6) is 0 Å². The molecule has 0 aliphatic rings. The predicted molar refractivity (Wildman–Crippen MR) is 74.1 cm³/mol. The van der Waals surface area contributed by atoms with Crippen molar-refractivity contribution in [3.05, 3.63) is 60.2 Å². The summed E-state index contributed by atoms with van der Waals surface area (Å²) in [5.41, 5.74) is 6.83. The highest BCUT2D eigenvalue weighted by molar-refractivity contribution is 7.91. The molecule has 2 aromatic carbocycles. The number of hydrogen-bond donors (Lipinski definition) is 1. The largest absolute Gasteiger partial charge is 0.398 e. The number of ether oxygens (including phenoxy) is 1. The van der Waals surface area contributed by atoms with Crippen LogP contribution in [0.1, 0.15) is 5.56 Å². The third-order valence-electron chi connectivity index (χ3n) is 2.60. The first-order chi connectivity index (χ1) is 9.09. The number of hydrogen-bond acceptors (Lipinski definition) is 4.